The SMILES string of the molecule is Cc1cc(CC(C)N)ccc1Sc1cc(F)ccc1F. The van der Waals surface area contributed by atoms with Crippen molar-refractivity contribution < 1.29 is 8.78 Å². The molecule has 0 radical (unpaired) electrons. The van der Waals surface area contributed by atoms with Crippen molar-refractivity contribution >= 4 is 11.8 Å². The van der Waals surface area contributed by atoms with Gasteiger partial charge in [-0.15, -0.1) is 0 Å². The molecule has 0 aliphatic rings. The van der Waals surface area contributed by atoms with E-state index in [1.807, 2.05) is 32.0 Å². The van der Waals surface area contributed by atoms with E-state index in [9.17, 15) is 8.78 Å². The first-order valence-electron chi connectivity index (χ1n) is 6.43. The van der Waals surface area contributed by atoms with Gasteiger partial charge in [-0.3, -0.25) is 0 Å². The lowest BCUT2D eigenvalue weighted by Crippen LogP contribution is -2.17. The van der Waals surface area contributed by atoms with Gasteiger partial charge in [-0.2, -0.15) is 0 Å². The molecule has 0 fully saturated rings. The van der Waals surface area contributed by atoms with Crippen LogP contribution in [0.5, 0.6) is 0 Å². The summed E-state index contributed by atoms with van der Waals surface area (Å²) in [6.07, 6.45) is 0.806. The summed E-state index contributed by atoms with van der Waals surface area (Å²) in [4.78, 5) is 1.22. The van der Waals surface area contributed by atoms with Crippen LogP contribution in [0.1, 0.15) is 18.1 Å². The predicted molar refractivity (Wildman–Crippen MR) is 79.0 cm³/mol. The molecule has 2 N–H and O–H groups in total. The van der Waals surface area contributed by atoms with Gasteiger partial charge in [-0.25, -0.2) is 8.78 Å². The smallest absolute Gasteiger partial charge is 0.137 e. The summed E-state index contributed by atoms with van der Waals surface area (Å²) in [7, 11) is 0. The topological polar surface area (TPSA) is 26.0 Å². The van der Waals surface area contributed by atoms with Crippen LogP contribution in [0, 0.1) is 18.6 Å². The molecule has 0 saturated carbocycles. The molecular weight excluding hydrogens is 276 g/mol. The second-order valence-corrected chi connectivity index (χ2v) is 6.04. The normalized spacial score (nSPS) is 12.4. The largest absolute Gasteiger partial charge is 0.328 e. The molecule has 0 amide bonds. The van der Waals surface area contributed by atoms with Crippen molar-refractivity contribution in [3.63, 3.8) is 0 Å². The van der Waals surface area contributed by atoms with E-state index in [0.29, 0.717) is 4.90 Å². The van der Waals surface area contributed by atoms with Gasteiger partial charge in [0, 0.05) is 10.9 Å². The average Bonchev–Trinajstić information content (AvgIpc) is 2.36. The third-order valence-corrected chi connectivity index (χ3v) is 4.12. The summed E-state index contributed by atoms with van der Waals surface area (Å²) in [5, 5.41) is 0. The number of halogens is 2. The third kappa shape index (κ3) is 3.81. The number of hydrogen-bond donors (Lipinski definition) is 1. The fraction of sp³-hybridized carbons (Fsp3) is 0.250. The highest BCUT2D eigenvalue weighted by Gasteiger charge is 2.09. The summed E-state index contributed by atoms with van der Waals surface area (Å²) in [5.74, 6) is -0.837. The second kappa shape index (κ2) is 6.37. The van der Waals surface area contributed by atoms with Crippen LogP contribution in [0.2, 0.25) is 0 Å². The van der Waals surface area contributed by atoms with Crippen LogP contribution >= 0.6 is 11.8 Å². The zero-order valence-corrected chi connectivity index (χ0v) is 12.3. The molecule has 1 unspecified atom stereocenters. The van der Waals surface area contributed by atoms with Crippen molar-refractivity contribution in [3.05, 3.63) is 59.2 Å². The Morgan fingerprint density at radius 2 is 1.85 bits per heavy atom. The zero-order chi connectivity index (χ0) is 14.7. The lowest BCUT2D eigenvalue weighted by atomic mass is 10.1. The molecule has 1 atom stereocenters. The first-order chi connectivity index (χ1) is 9.45. The van der Waals surface area contributed by atoms with Gasteiger partial charge in [0.25, 0.3) is 0 Å². The van der Waals surface area contributed by atoms with E-state index < -0.39 is 11.6 Å². The summed E-state index contributed by atoms with van der Waals surface area (Å²) in [6, 6.07) is 9.56. The Morgan fingerprint density at radius 1 is 1.10 bits per heavy atom. The number of rotatable bonds is 4. The van der Waals surface area contributed by atoms with Crippen LogP contribution in [0.4, 0.5) is 8.78 Å². The van der Waals surface area contributed by atoms with Crippen LogP contribution in [0.3, 0.4) is 0 Å². The minimum absolute atomic E-state index is 0.105. The Bertz CT molecular complexity index is 611. The van der Waals surface area contributed by atoms with Crippen LogP contribution in [-0.4, -0.2) is 6.04 Å². The van der Waals surface area contributed by atoms with Crippen molar-refractivity contribution in [3.8, 4) is 0 Å². The Hall–Kier alpha value is -1.39. The molecule has 0 aliphatic carbocycles. The van der Waals surface area contributed by atoms with Crippen molar-refractivity contribution in [1.82, 2.24) is 0 Å². The molecule has 0 aliphatic heterocycles. The molecule has 106 valence electrons. The molecule has 2 aromatic carbocycles. The van der Waals surface area contributed by atoms with Gasteiger partial charge in [-0.05, 0) is 55.7 Å². The standard InChI is InChI=1S/C16H17F2NS/c1-10-7-12(8-11(2)19)3-6-15(10)20-16-9-13(17)4-5-14(16)18/h3-7,9,11H,8,19H2,1-2H3. The van der Waals surface area contributed by atoms with Crippen LogP contribution in [0.15, 0.2) is 46.2 Å². The minimum atomic E-state index is -0.430. The fourth-order valence-corrected chi connectivity index (χ4v) is 2.93. The number of aryl methyl sites for hydroxylation is 1. The van der Waals surface area contributed by atoms with E-state index >= 15 is 0 Å². The van der Waals surface area contributed by atoms with E-state index in [2.05, 4.69) is 0 Å². The fourth-order valence-electron chi connectivity index (χ4n) is 2.00. The molecule has 20 heavy (non-hydrogen) atoms. The van der Waals surface area contributed by atoms with E-state index in [4.69, 9.17) is 5.73 Å². The molecule has 0 saturated heterocycles. The molecule has 0 spiro atoms. The monoisotopic (exact) mass is 293 g/mol. The van der Waals surface area contributed by atoms with Crippen molar-refractivity contribution in [2.24, 2.45) is 5.73 Å². The summed E-state index contributed by atoms with van der Waals surface area (Å²) >= 11 is 1.24. The van der Waals surface area contributed by atoms with Gasteiger partial charge in [0.2, 0.25) is 0 Å². The Morgan fingerprint density at radius 3 is 2.50 bits per heavy atom. The molecule has 4 heteroatoms. The van der Waals surface area contributed by atoms with Crippen molar-refractivity contribution in [2.45, 2.75) is 36.1 Å². The van der Waals surface area contributed by atoms with Crippen LogP contribution < -0.4 is 5.73 Å². The second-order valence-electron chi connectivity index (χ2n) is 4.96. The van der Waals surface area contributed by atoms with E-state index in [1.165, 1.54) is 17.8 Å². The molecule has 0 aromatic heterocycles. The Balaban J connectivity index is 2.23. The molecule has 2 rings (SSSR count). The molecule has 0 heterocycles. The van der Waals surface area contributed by atoms with E-state index in [-0.39, 0.29) is 6.04 Å². The number of benzene rings is 2. The maximum Gasteiger partial charge on any atom is 0.137 e. The van der Waals surface area contributed by atoms with Gasteiger partial charge in [0.05, 0.1) is 4.90 Å². The number of nitrogens with two attached hydrogens (primary N) is 1. The van der Waals surface area contributed by atoms with Gasteiger partial charge in [0.15, 0.2) is 0 Å². The highest BCUT2D eigenvalue weighted by Crippen LogP contribution is 2.33. The molecule has 0 bridgehead atoms. The average molecular weight is 293 g/mol. The lowest BCUT2D eigenvalue weighted by molar-refractivity contribution is 0.577. The Kier molecular flexibility index (Phi) is 4.78. The summed E-state index contributed by atoms with van der Waals surface area (Å²) in [6.45, 7) is 3.92. The first-order valence-corrected chi connectivity index (χ1v) is 7.25. The van der Waals surface area contributed by atoms with Gasteiger partial charge < -0.3 is 5.73 Å². The Labute approximate surface area is 122 Å². The third-order valence-electron chi connectivity index (χ3n) is 2.91. The summed E-state index contributed by atoms with van der Waals surface area (Å²) < 4.78 is 26.8. The lowest BCUT2D eigenvalue weighted by Gasteiger charge is -2.10. The van der Waals surface area contributed by atoms with Gasteiger partial charge >= 0.3 is 0 Å². The quantitative estimate of drug-likeness (QED) is 0.909. The van der Waals surface area contributed by atoms with Crippen molar-refractivity contribution in [2.75, 3.05) is 0 Å². The van der Waals surface area contributed by atoms with Gasteiger partial charge in [-0.1, -0.05) is 23.9 Å². The molecular formula is C16H17F2NS. The zero-order valence-electron chi connectivity index (χ0n) is 11.5. The predicted octanol–water partition coefficient (Wildman–Crippen LogP) is 4.31. The number of hydrogen-bond acceptors (Lipinski definition) is 2. The van der Waals surface area contributed by atoms with E-state index in [0.717, 1.165) is 34.6 Å². The van der Waals surface area contributed by atoms with Gasteiger partial charge in [0.1, 0.15) is 11.6 Å². The first kappa shape index (κ1) is 15.0. The minimum Gasteiger partial charge on any atom is -0.328 e. The van der Waals surface area contributed by atoms with Crippen LogP contribution in [-0.2, 0) is 6.42 Å². The highest BCUT2D eigenvalue weighted by molar-refractivity contribution is 7.99. The van der Waals surface area contributed by atoms with E-state index in [1.54, 1.807) is 0 Å². The maximum absolute atomic E-state index is 13.6. The highest BCUT2D eigenvalue weighted by atomic mass is 32.2. The maximum atomic E-state index is 13.6. The molecule has 2 aromatic rings. The molecule has 1 nitrogen and oxygen atoms in total. The van der Waals surface area contributed by atoms with Crippen LogP contribution in [0.25, 0.3) is 0 Å². The van der Waals surface area contributed by atoms with Crippen molar-refractivity contribution in [1.29, 1.82) is 0 Å². The summed E-state index contributed by atoms with van der Waals surface area (Å²) in [5.41, 5.74) is 7.97.